The van der Waals surface area contributed by atoms with Gasteiger partial charge < -0.3 is 13.9 Å². The van der Waals surface area contributed by atoms with Crippen LogP contribution in [0.3, 0.4) is 0 Å². The van der Waals surface area contributed by atoms with Crippen LogP contribution in [0, 0.1) is 0 Å². The van der Waals surface area contributed by atoms with Crippen LogP contribution in [0.5, 0.6) is 11.5 Å². The van der Waals surface area contributed by atoms with Gasteiger partial charge in [-0.3, -0.25) is 9.59 Å². The quantitative estimate of drug-likeness (QED) is 0.376. The van der Waals surface area contributed by atoms with E-state index in [2.05, 4.69) is 10.1 Å². The Morgan fingerprint density at radius 3 is 2.86 bits per heavy atom. The minimum Gasteiger partial charge on any atom is -0.490 e. The highest BCUT2D eigenvalue weighted by Crippen LogP contribution is 2.29. The lowest BCUT2D eigenvalue weighted by Gasteiger charge is -2.10. The van der Waals surface area contributed by atoms with Gasteiger partial charge in [0.1, 0.15) is 0 Å². The summed E-state index contributed by atoms with van der Waals surface area (Å²) < 4.78 is 17.7. The predicted molar refractivity (Wildman–Crippen MR) is 103 cm³/mol. The molecular weight excluding hydrogens is 382 g/mol. The molecule has 9 heteroatoms. The summed E-state index contributed by atoms with van der Waals surface area (Å²) in [7, 11) is 0. The van der Waals surface area contributed by atoms with Gasteiger partial charge in [0.15, 0.2) is 17.3 Å². The summed E-state index contributed by atoms with van der Waals surface area (Å²) in [5, 5.41) is 4.22. The van der Waals surface area contributed by atoms with E-state index in [-0.39, 0.29) is 5.56 Å². The van der Waals surface area contributed by atoms with Crippen LogP contribution in [0.1, 0.15) is 19.4 Å². The van der Waals surface area contributed by atoms with Crippen molar-refractivity contribution in [2.24, 2.45) is 0 Å². The molecule has 1 aromatic carbocycles. The molecule has 0 N–H and O–H groups in total. The van der Waals surface area contributed by atoms with Gasteiger partial charge in [-0.05, 0) is 42.8 Å². The Balaban J connectivity index is 1.74. The van der Waals surface area contributed by atoms with E-state index in [1.54, 1.807) is 36.4 Å². The standard InChI is InChI=1S/C19H15N3O5S/c1-3-25-15-9-12(6-7-13(15)27-11(2)23)10-16-18(24)22-19(28-16)20-17(21-22)14-5-4-8-26-14/h4-10H,3H2,1-2H3. The lowest BCUT2D eigenvalue weighted by molar-refractivity contribution is -0.132. The van der Waals surface area contributed by atoms with Gasteiger partial charge >= 0.3 is 5.97 Å². The van der Waals surface area contributed by atoms with Crippen molar-refractivity contribution in [2.45, 2.75) is 13.8 Å². The van der Waals surface area contributed by atoms with Crippen molar-refractivity contribution in [2.75, 3.05) is 6.61 Å². The Kier molecular flexibility index (Phi) is 4.66. The predicted octanol–water partition coefficient (Wildman–Crippen LogP) is 2.28. The molecule has 0 aliphatic heterocycles. The van der Waals surface area contributed by atoms with Gasteiger partial charge in [0.2, 0.25) is 10.8 Å². The number of hydrogen-bond donors (Lipinski definition) is 0. The smallest absolute Gasteiger partial charge is 0.308 e. The first-order valence-corrected chi connectivity index (χ1v) is 9.27. The average molecular weight is 397 g/mol. The zero-order valence-electron chi connectivity index (χ0n) is 15.0. The highest BCUT2D eigenvalue weighted by molar-refractivity contribution is 7.15. The second-order valence-electron chi connectivity index (χ2n) is 5.76. The van der Waals surface area contributed by atoms with Gasteiger partial charge in [0, 0.05) is 6.92 Å². The summed E-state index contributed by atoms with van der Waals surface area (Å²) >= 11 is 1.22. The number of carbonyl (C=O) groups excluding carboxylic acids is 1. The molecule has 3 heterocycles. The maximum Gasteiger partial charge on any atom is 0.308 e. The van der Waals surface area contributed by atoms with Crippen LogP contribution in [0.4, 0.5) is 0 Å². The third kappa shape index (κ3) is 3.39. The van der Waals surface area contributed by atoms with Gasteiger partial charge in [-0.25, -0.2) is 0 Å². The normalized spacial score (nSPS) is 11.9. The molecule has 0 aliphatic carbocycles. The Labute approximate surface area is 162 Å². The van der Waals surface area contributed by atoms with E-state index in [1.165, 1.54) is 29.0 Å². The van der Waals surface area contributed by atoms with Gasteiger partial charge in [0.05, 0.1) is 17.4 Å². The van der Waals surface area contributed by atoms with Crippen molar-refractivity contribution < 1.29 is 18.7 Å². The van der Waals surface area contributed by atoms with Crippen molar-refractivity contribution >= 4 is 28.3 Å². The molecule has 0 amide bonds. The first-order valence-electron chi connectivity index (χ1n) is 8.45. The minimum absolute atomic E-state index is 0.271. The Hall–Kier alpha value is -3.46. The molecule has 8 nitrogen and oxygen atoms in total. The van der Waals surface area contributed by atoms with Crippen LogP contribution in [0.25, 0.3) is 22.6 Å². The number of benzene rings is 1. The fourth-order valence-electron chi connectivity index (χ4n) is 2.62. The molecule has 0 spiro atoms. The van der Waals surface area contributed by atoms with E-state index in [9.17, 15) is 9.59 Å². The third-order valence-corrected chi connectivity index (χ3v) is 4.70. The third-order valence-electron chi connectivity index (χ3n) is 3.74. The molecule has 0 bridgehead atoms. The van der Waals surface area contributed by atoms with Crippen LogP contribution in [-0.2, 0) is 4.79 Å². The number of rotatable bonds is 5. The first kappa shape index (κ1) is 17.9. The van der Waals surface area contributed by atoms with Gasteiger partial charge in [0.25, 0.3) is 5.56 Å². The summed E-state index contributed by atoms with van der Waals surface area (Å²) in [6.45, 7) is 3.57. The van der Waals surface area contributed by atoms with E-state index < -0.39 is 5.97 Å². The number of ether oxygens (including phenoxy) is 2. The molecule has 0 fully saturated rings. The molecule has 4 rings (SSSR count). The second kappa shape index (κ2) is 7.28. The number of carbonyl (C=O) groups is 1. The zero-order chi connectivity index (χ0) is 19.7. The van der Waals surface area contributed by atoms with Crippen molar-refractivity contribution in [3.05, 3.63) is 57.0 Å². The summed E-state index contributed by atoms with van der Waals surface area (Å²) in [5.74, 6) is 1.20. The van der Waals surface area contributed by atoms with E-state index in [0.29, 0.717) is 39.2 Å². The largest absolute Gasteiger partial charge is 0.490 e. The van der Waals surface area contributed by atoms with E-state index in [1.807, 2.05) is 6.92 Å². The summed E-state index contributed by atoms with van der Waals surface area (Å²) in [6, 6.07) is 8.55. The summed E-state index contributed by atoms with van der Waals surface area (Å²) in [4.78, 5) is 28.7. The number of furan rings is 1. The van der Waals surface area contributed by atoms with Crippen LogP contribution in [0.2, 0.25) is 0 Å². The van der Waals surface area contributed by atoms with E-state index in [4.69, 9.17) is 13.9 Å². The number of aromatic nitrogens is 3. The fourth-order valence-corrected chi connectivity index (χ4v) is 3.52. The molecular formula is C19H15N3O5S. The molecule has 0 radical (unpaired) electrons. The average Bonchev–Trinajstić information content (AvgIpc) is 3.36. The zero-order valence-corrected chi connectivity index (χ0v) is 15.9. The van der Waals surface area contributed by atoms with Gasteiger partial charge in [-0.2, -0.15) is 9.50 Å². The summed E-state index contributed by atoms with van der Waals surface area (Å²) in [6.07, 6.45) is 3.24. The highest BCUT2D eigenvalue weighted by Gasteiger charge is 2.14. The fraction of sp³-hybridized carbons (Fsp3) is 0.158. The van der Waals surface area contributed by atoms with E-state index in [0.717, 1.165) is 5.56 Å². The van der Waals surface area contributed by atoms with Crippen molar-refractivity contribution in [1.29, 1.82) is 0 Å². The molecule has 0 atom stereocenters. The van der Waals surface area contributed by atoms with Gasteiger partial charge in [-0.1, -0.05) is 17.4 Å². The molecule has 0 saturated heterocycles. The first-order chi connectivity index (χ1) is 13.5. The Morgan fingerprint density at radius 2 is 2.18 bits per heavy atom. The second-order valence-corrected chi connectivity index (χ2v) is 6.76. The SMILES string of the molecule is CCOc1cc(C=c2sc3nc(-c4ccco4)nn3c2=O)ccc1OC(C)=O. The molecule has 3 aromatic heterocycles. The van der Waals surface area contributed by atoms with Crippen LogP contribution < -0.4 is 19.6 Å². The maximum absolute atomic E-state index is 12.6. The number of thiazole rings is 1. The lowest BCUT2D eigenvalue weighted by atomic mass is 10.2. The number of hydrogen-bond acceptors (Lipinski definition) is 8. The number of fused-ring (bicyclic) bond motifs is 1. The number of nitrogens with zero attached hydrogens (tertiary/aromatic N) is 3. The van der Waals surface area contributed by atoms with Crippen molar-refractivity contribution in [1.82, 2.24) is 14.6 Å². The molecule has 0 unspecified atom stereocenters. The molecule has 0 saturated carbocycles. The maximum atomic E-state index is 12.6. The van der Waals surface area contributed by atoms with Crippen molar-refractivity contribution in [3.8, 4) is 23.1 Å². The lowest BCUT2D eigenvalue weighted by Crippen LogP contribution is -2.23. The molecule has 142 valence electrons. The van der Waals surface area contributed by atoms with Crippen LogP contribution >= 0.6 is 11.3 Å². The van der Waals surface area contributed by atoms with Gasteiger partial charge in [-0.15, -0.1) is 5.10 Å². The topological polar surface area (TPSA) is 95.9 Å². The highest BCUT2D eigenvalue weighted by atomic mass is 32.1. The monoisotopic (exact) mass is 397 g/mol. The molecule has 0 aliphatic rings. The molecule has 4 aromatic rings. The Bertz CT molecular complexity index is 1260. The van der Waals surface area contributed by atoms with Crippen LogP contribution in [0.15, 0.2) is 45.8 Å². The summed E-state index contributed by atoms with van der Waals surface area (Å²) in [5.41, 5.74) is 0.458. The van der Waals surface area contributed by atoms with Crippen molar-refractivity contribution in [3.63, 3.8) is 0 Å². The number of esters is 1. The van der Waals surface area contributed by atoms with E-state index >= 15 is 0 Å². The minimum atomic E-state index is -0.433. The van der Waals surface area contributed by atoms with Crippen LogP contribution in [-0.4, -0.2) is 27.2 Å². The Morgan fingerprint density at radius 1 is 1.32 bits per heavy atom. The molecule has 28 heavy (non-hydrogen) atoms.